The summed E-state index contributed by atoms with van der Waals surface area (Å²) < 4.78 is 6.04. The molecule has 6 atom stereocenters. The number of aryl methyl sites for hydroxylation is 1. The van der Waals surface area contributed by atoms with Gasteiger partial charge in [-0.2, -0.15) is 0 Å². The summed E-state index contributed by atoms with van der Waals surface area (Å²) in [4.78, 5) is 0. The Balaban J connectivity index is 1.35. The molecule has 28 heavy (non-hydrogen) atoms. The molecule has 0 radical (unpaired) electrons. The van der Waals surface area contributed by atoms with Gasteiger partial charge in [0.1, 0.15) is 12.4 Å². The van der Waals surface area contributed by atoms with Gasteiger partial charge in [-0.15, -0.1) is 0 Å². The van der Waals surface area contributed by atoms with Crippen molar-refractivity contribution >= 4 is 0 Å². The summed E-state index contributed by atoms with van der Waals surface area (Å²) in [5.74, 6) is 2.52. The van der Waals surface area contributed by atoms with E-state index in [1.807, 2.05) is 18.2 Å². The quantitative estimate of drug-likeness (QED) is 0.829. The Morgan fingerprint density at radius 2 is 1.89 bits per heavy atom. The van der Waals surface area contributed by atoms with Gasteiger partial charge in [0.15, 0.2) is 0 Å². The van der Waals surface area contributed by atoms with E-state index in [9.17, 15) is 10.2 Å². The molecule has 5 rings (SSSR count). The zero-order valence-electron chi connectivity index (χ0n) is 16.6. The van der Waals surface area contributed by atoms with Gasteiger partial charge >= 0.3 is 0 Å². The highest BCUT2D eigenvalue weighted by Crippen LogP contribution is 2.60. The van der Waals surface area contributed by atoms with E-state index in [2.05, 4.69) is 37.3 Å². The average Bonchev–Trinajstić information content (AvgIpc) is 2.96. The van der Waals surface area contributed by atoms with Crippen LogP contribution in [0.5, 0.6) is 5.75 Å². The maximum absolute atomic E-state index is 10.6. The lowest BCUT2D eigenvalue weighted by Gasteiger charge is -2.49. The van der Waals surface area contributed by atoms with Gasteiger partial charge in [-0.25, -0.2) is 0 Å². The molecule has 0 unspecified atom stereocenters. The van der Waals surface area contributed by atoms with E-state index in [1.165, 1.54) is 16.7 Å². The van der Waals surface area contributed by atoms with Gasteiger partial charge in [-0.05, 0) is 84.1 Å². The molecule has 3 aliphatic rings. The van der Waals surface area contributed by atoms with E-state index >= 15 is 0 Å². The number of ether oxygens (including phenoxy) is 1. The molecule has 2 aromatic rings. The zero-order valence-corrected chi connectivity index (χ0v) is 16.6. The normalized spacial score (nSPS) is 36.3. The number of fused-ring (bicyclic) bond motifs is 5. The van der Waals surface area contributed by atoms with Crippen LogP contribution in [0.4, 0.5) is 0 Å². The zero-order chi connectivity index (χ0) is 19.3. The largest absolute Gasteiger partial charge is 0.489 e. The molecule has 3 aliphatic carbocycles. The smallest absolute Gasteiger partial charge is 0.120 e. The Morgan fingerprint density at radius 3 is 2.71 bits per heavy atom. The minimum atomic E-state index is -0.561. The Labute approximate surface area is 167 Å². The number of benzene rings is 2. The number of aliphatic hydroxyl groups excluding tert-OH is 2. The van der Waals surface area contributed by atoms with Crippen LogP contribution in [0.25, 0.3) is 0 Å². The first-order chi connectivity index (χ1) is 13.6. The summed E-state index contributed by atoms with van der Waals surface area (Å²) >= 11 is 0. The third-order valence-corrected chi connectivity index (χ3v) is 7.92. The van der Waals surface area contributed by atoms with E-state index < -0.39 is 12.2 Å². The van der Waals surface area contributed by atoms with Crippen molar-refractivity contribution < 1.29 is 14.9 Å². The van der Waals surface area contributed by atoms with Gasteiger partial charge in [0.05, 0.1) is 12.2 Å². The number of rotatable bonds is 3. The molecule has 3 heteroatoms. The Kier molecular flexibility index (Phi) is 4.48. The van der Waals surface area contributed by atoms with Crippen molar-refractivity contribution in [3.63, 3.8) is 0 Å². The molecule has 0 aliphatic heterocycles. The van der Waals surface area contributed by atoms with Crippen molar-refractivity contribution in [3.05, 3.63) is 65.2 Å². The topological polar surface area (TPSA) is 49.7 Å². The van der Waals surface area contributed by atoms with Crippen LogP contribution in [0.3, 0.4) is 0 Å². The molecule has 0 aromatic heterocycles. The standard InChI is InChI=1S/C25H30O3/c1-25-12-11-20-19-10-8-18(28-15-16-5-3-2-4-6-16)13-17(19)7-9-21(20)22(25)14-23(26)24(25)27/h2-6,8,10,13,20-24,26-27H,7,9,11-12,14-15H2,1H3/t20-,21-,22+,23+,24+,25+/m0/s1. The second-order valence-corrected chi connectivity index (χ2v) is 9.34. The fourth-order valence-corrected chi connectivity index (χ4v) is 6.38. The first kappa shape index (κ1) is 18.2. The predicted molar refractivity (Wildman–Crippen MR) is 109 cm³/mol. The van der Waals surface area contributed by atoms with E-state index in [4.69, 9.17) is 4.74 Å². The van der Waals surface area contributed by atoms with Crippen LogP contribution >= 0.6 is 0 Å². The van der Waals surface area contributed by atoms with Crippen molar-refractivity contribution in [2.75, 3.05) is 0 Å². The third kappa shape index (κ3) is 2.87. The van der Waals surface area contributed by atoms with Crippen LogP contribution < -0.4 is 4.74 Å². The van der Waals surface area contributed by atoms with E-state index in [-0.39, 0.29) is 5.41 Å². The van der Waals surface area contributed by atoms with Gasteiger partial charge in [0, 0.05) is 0 Å². The minimum Gasteiger partial charge on any atom is -0.489 e. The molecular weight excluding hydrogens is 348 g/mol. The highest BCUT2D eigenvalue weighted by atomic mass is 16.5. The van der Waals surface area contributed by atoms with Crippen LogP contribution in [0.15, 0.2) is 48.5 Å². The van der Waals surface area contributed by atoms with E-state index in [0.717, 1.165) is 37.9 Å². The lowest BCUT2D eigenvalue weighted by Crippen LogP contribution is -2.44. The van der Waals surface area contributed by atoms with Gasteiger partial charge < -0.3 is 14.9 Å². The molecule has 0 amide bonds. The van der Waals surface area contributed by atoms with Crippen molar-refractivity contribution in [2.24, 2.45) is 17.3 Å². The van der Waals surface area contributed by atoms with Crippen molar-refractivity contribution in [3.8, 4) is 5.75 Å². The fourth-order valence-electron chi connectivity index (χ4n) is 6.38. The molecule has 148 valence electrons. The monoisotopic (exact) mass is 378 g/mol. The molecular formula is C25H30O3. The third-order valence-electron chi connectivity index (χ3n) is 7.92. The number of hydrogen-bond donors (Lipinski definition) is 2. The van der Waals surface area contributed by atoms with Crippen LogP contribution in [-0.2, 0) is 13.0 Å². The number of aliphatic hydroxyl groups is 2. The Hall–Kier alpha value is -1.84. The molecule has 0 bridgehead atoms. The molecule has 2 N–H and O–H groups in total. The van der Waals surface area contributed by atoms with E-state index in [0.29, 0.717) is 24.4 Å². The Morgan fingerprint density at radius 1 is 1.07 bits per heavy atom. The van der Waals surface area contributed by atoms with Crippen LogP contribution in [0.2, 0.25) is 0 Å². The molecule has 0 heterocycles. The highest BCUT2D eigenvalue weighted by molar-refractivity contribution is 5.41. The summed E-state index contributed by atoms with van der Waals surface area (Å²) in [5, 5.41) is 20.9. The Bertz CT molecular complexity index is 848. The predicted octanol–water partition coefficient (Wildman–Crippen LogP) is 4.45. The molecule has 0 spiro atoms. The molecule has 0 saturated heterocycles. The summed E-state index contributed by atoms with van der Waals surface area (Å²) in [6, 6.07) is 16.9. The lowest BCUT2D eigenvalue weighted by molar-refractivity contribution is -0.0505. The van der Waals surface area contributed by atoms with Crippen LogP contribution in [-0.4, -0.2) is 22.4 Å². The second-order valence-electron chi connectivity index (χ2n) is 9.34. The molecule has 2 aromatic carbocycles. The SMILES string of the molecule is C[C@@]12CC[C@H]3c4ccc(OCc5ccccc5)cc4CC[C@@H]3[C@H]1C[C@@H](O)[C@H]2O. The molecule has 2 saturated carbocycles. The van der Waals surface area contributed by atoms with Crippen molar-refractivity contribution in [2.45, 2.75) is 63.8 Å². The summed E-state index contributed by atoms with van der Waals surface area (Å²) in [6.45, 7) is 2.80. The van der Waals surface area contributed by atoms with Crippen LogP contribution in [0.1, 0.15) is 55.2 Å². The molecule has 2 fully saturated rings. The van der Waals surface area contributed by atoms with Crippen molar-refractivity contribution in [1.82, 2.24) is 0 Å². The first-order valence-corrected chi connectivity index (χ1v) is 10.7. The van der Waals surface area contributed by atoms with Gasteiger partial charge in [-0.1, -0.05) is 43.3 Å². The van der Waals surface area contributed by atoms with Crippen molar-refractivity contribution in [1.29, 1.82) is 0 Å². The van der Waals surface area contributed by atoms with Crippen LogP contribution in [0, 0.1) is 17.3 Å². The first-order valence-electron chi connectivity index (χ1n) is 10.7. The number of hydrogen-bond acceptors (Lipinski definition) is 3. The fraction of sp³-hybridized carbons (Fsp3) is 0.520. The maximum Gasteiger partial charge on any atom is 0.120 e. The average molecular weight is 379 g/mol. The summed E-state index contributed by atoms with van der Waals surface area (Å²) in [7, 11) is 0. The minimum absolute atomic E-state index is 0.114. The summed E-state index contributed by atoms with van der Waals surface area (Å²) in [5.41, 5.74) is 3.97. The lowest BCUT2D eigenvalue weighted by atomic mass is 9.55. The summed E-state index contributed by atoms with van der Waals surface area (Å²) in [6.07, 6.45) is 3.98. The van der Waals surface area contributed by atoms with E-state index in [1.54, 1.807) is 0 Å². The molecule has 3 nitrogen and oxygen atoms in total. The maximum atomic E-state index is 10.6. The van der Waals surface area contributed by atoms with Gasteiger partial charge in [0.2, 0.25) is 0 Å². The highest BCUT2D eigenvalue weighted by Gasteiger charge is 2.57. The van der Waals surface area contributed by atoms with Gasteiger partial charge in [0.25, 0.3) is 0 Å². The van der Waals surface area contributed by atoms with Gasteiger partial charge in [-0.3, -0.25) is 0 Å². The second kappa shape index (κ2) is 6.89.